The second-order valence-electron chi connectivity index (χ2n) is 7.53. The quantitative estimate of drug-likeness (QED) is 0.325. The van der Waals surface area contributed by atoms with E-state index in [0.29, 0.717) is 52.1 Å². The van der Waals surface area contributed by atoms with Crippen molar-refractivity contribution in [3.05, 3.63) is 13.8 Å². The monoisotopic (exact) mass is 794 g/mol. The van der Waals surface area contributed by atoms with Crippen LogP contribution in [0.4, 0.5) is 9.59 Å². The topological polar surface area (TPSA) is 122 Å². The fourth-order valence-electron chi connectivity index (χ4n) is 3.54. The van der Waals surface area contributed by atoms with E-state index in [0.717, 1.165) is 0 Å². The summed E-state index contributed by atoms with van der Waals surface area (Å²) in [6.07, 6.45) is 1.38. The molecule has 0 aromatic rings. The van der Waals surface area contributed by atoms with Gasteiger partial charge in [0.25, 0.3) is 0 Å². The molecule has 0 radical (unpaired) electrons. The van der Waals surface area contributed by atoms with Gasteiger partial charge in [-0.1, -0.05) is 0 Å². The maximum absolute atomic E-state index is 11.7. The SMILES string of the molecule is [CH2-]CCN1CCN(C(C)CC(=O)O)C1=O.[CH2-]CCN1CCN([C@H](C)CC(=O)O)C1=O.[W].[W]. The van der Waals surface area contributed by atoms with Crippen LogP contribution in [0.1, 0.15) is 39.5 Å². The first-order chi connectivity index (χ1) is 14.1. The van der Waals surface area contributed by atoms with Gasteiger partial charge in [0.15, 0.2) is 0 Å². The van der Waals surface area contributed by atoms with Gasteiger partial charge in [-0.15, -0.1) is 0 Å². The minimum Gasteiger partial charge on any atom is -0.481 e. The molecular weight excluding hydrogens is 760 g/mol. The van der Waals surface area contributed by atoms with Gasteiger partial charge in [0, 0.05) is 80.4 Å². The van der Waals surface area contributed by atoms with E-state index in [-0.39, 0.29) is 79.1 Å². The van der Waals surface area contributed by atoms with Gasteiger partial charge in [0.2, 0.25) is 0 Å². The van der Waals surface area contributed by atoms with E-state index in [1.165, 1.54) is 0 Å². The normalized spacial score (nSPS) is 17.2. The summed E-state index contributed by atoms with van der Waals surface area (Å²) in [5, 5.41) is 17.3. The summed E-state index contributed by atoms with van der Waals surface area (Å²) >= 11 is 0. The zero-order valence-electron chi connectivity index (χ0n) is 18.8. The van der Waals surface area contributed by atoms with Gasteiger partial charge in [0.1, 0.15) is 0 Å². The summed E-state index contributed by atoms with van der Waals surface area (Å²) in [7, 11) is 0. The van der Waals surface area contributed by atoms with Crippen molar-refractivity contribution in [3.63, 3.8) is 0 Å². The Balaban J connectivity index is 0. The number of nitrogens with zero attached hydrogens (tertiary/aromatic N) is 4. The van der Waals surface area contributed by atoms with Crippen LogP contribution in [0.25, 0.3) is 0 Å². The number of rotatable bonds is 10. The molecule has 0 aromatic carbocycles. The van der Waals surface area contributed by atoms with Gasteiger partial charge in [-0.25, -0.2) is 9.59 Å². The Bertz CT molecular complexity index is 573. The van der Waals surface area contributed by atoms with Crippen molar-refractivity contribution in [1.82, 2.24) is 19.6 Å². The molecule has 10 nitrogen and oxygen atoms in total. The molecule has 184 valence electrons. The Labute approximate surface area is 219 Å². The molecule has 12 heteroatoms. The van der Waals surface area contributed by atoms with E-state index >= 15 is 0 Å². The van der Waals surface area contributed by atoms with Crippen molar-refractivity contribution in [2.75, 3.05) is 39.3 Å². The van der Waals surface area contributed by atoms with E-state index in [2.05, 4.69) is 13.8 Å². The van der Waals surface area contributed by atoms with Crippen LogP contribution >= 0.6 is 0 Å². The first kappa shape index (κ1) is 33.0. The fourth-order valence-corrected chi connectivity index (χ4v) is 3.54. The molecule has 0 saturated carbocycles. The van der Waals surface area contributed by atoms with Crippen molar-refractivity contribution in [1.29, 1.82) is 0 Å². The maximum Gasteiger partial charge on any atom is 0.320 e. The minimum absolute atomic E-state index is 0. The van der Waals surface area contributed by atoms with E-state index in [1.54, 1.807) is 33.4 Å². The molecule has 0 aliphatic carbocycles. The van der Waals surface area contributed by atoms with E-state index in [4.69, 9.17) is 10.2 Å². The maximum atomic E-state index is 11.7. The van der Waals surface area contributed by atoms with Crippen LogP contribution in [0.5, 0.6) is 0 Å². The Morgan fingerprint density at radius 2 is 1.09 bits per heavy atom. The zero-order chi connectivity index (χ0) is 22.8. The van der Waals surface area contributed by atoms with Gasteiger partial charge in [-0.2, -0.15) is 12.8 Å². The third kappa shape index (κ3) is 10.2. The zero-order valence-corrected chi connectivity index (χ0v) is 24.6. The van der Waals surface area contributed by atoms with Gasteiger partial charge < -0.3 is 43.7 Å². The molecular formula is C20H34N4O6W2-2. The van der Waals surface area contributed by atoms with Crippen LogP contribution < -0.4 is 0 Å². The minimum atomic E-state index is -0.870. The Morgan fingerprint density at radius 3 is 1.34 bits per heavy atom. The number of carbonyl (C=O) groups is 4. The number of carboxylic acid groups (broad SMARTS) is 2. The number of urea groups is 2. The second kappa shape index (κ2) is 16.5. The number of aliphatic carboxylic acids is 2. The number of amides is 4. The average molecular weight is 794 g/mol. The fraction of sp³-hybridized carbons (Fsp3) is 0.700. The van der Waals surface area contributed by atoms with Crippen molar-refractivity contribution < 1.29 is 71.5 Å². The molecule has 32 heavy (non-hydrogen) atoms. The van der Waals surface area contributed by atoms with Gasteiger partial charge in [-0.3, -0.25) is 9.59 Å². The molecule has 2 rings (SSSR count). The van der Waals surface area contributed by atoms with Gasteiger partial charge in [-0.05, 0) is 26.9 Å². The molecule has 2 saturated heterocycles. The molecule has 2 atom stereocenters. The Kier molecular flexibility index (Phi) is 17.0. The average Bonchev–Trinajstić information content (AvgIpc) is 3.19. The summed E-state index contributed by atoms with van der Waals surface area (Å²) < 4.78 is 0. The number of hydrogen-bond acceptors (Lipinski definition) is 4. The summed E-state index contributed by atoms with van der Waals surface area (Å²) in [4.78, 5) is 51.2. The Morgan fingerprint density at radius 1 is 0.781 bits per heavy atom. The van der Waals surface area contributed by atoms with Crippen LogP contribution in [0.3, 0.4) is 0 Å². The second-order valence-corrected chi connectivity index (χ2v) is 7.53. The summed E-state index contributed by atoms with van der Waals surface area (Å²) in [6, 6.07) is -0.588. The first-order valence-corrected chi connectivity index (χ1v) is 10.3. The molecule has 0 aromatic heterocycles. The summed E-state index contributed by atoms with van der Waals surface area (Å²) in [6.45, 7) is 14.8. The van der Waals surface area contributed by atoms with Crippen LogP contribution in [-0.2, 0) is 51.7 Å². The first-order valence-electron chi connectivity index (χ1n) is 10.3. The summed E-state index contributed by atoms with van der Waals surface area (Å²) in [5.41, 5.74) is 0. The molecule has 4 amide bonds. The molecule has 2 fully saturated rings. The van der Waals surface area contributed by atoms with E-state index in [9.17, 15) is 19.2 Å². The van der Waals surface area contributed by atoms with E-state index < -0.39 is 11.9 Å². The van der Waals surface area contributed by atoms with Crippen LogP contribution in [-0.4, -0.2) is 105 Å². The van der Waals surface area contributed by atoms with E-state index in [1.807, 2.05) is 0 Å². The molecule has 2 heterocycles. The molecule has 0 spiro atoms. The van der Waals surface area contributed by atoms with Crippen molar-refractivity contribution >= 4 is 24.0 Å². The third-order valence-electron chi connectivity index (χ3n) is 5.11. The van der Waals surface area contributed by atoms with Crippen molar-refractivity contribution in [3.8, 4) is 0 Å². The number of hydrogen-bond donors (Lipinski definition) is 2. The smallest absolute Gasteiger partial charge is 0.320 e. The van der Waals surface area contributed by atoms with Crippen molar-refractivity contribution in [2.45, 2.75) is 51.6 Å². The standard InChI is InChI=1S/2C10H17N2O3.2W/c2*1-3-4-11-5-6-12(10(11)15)8(2)7-9(13)14;;/h2*8H,1,3-7H2,2H3,(H,13,14);;/q2*-1;;/t8-;;;/m1.../s1. The largest absolute Gasteiger partial charge is 0.481 e. The molecule has 2 aliphatic rings. The van der Waals surface area contributed by atoms with Crippen molar-refractivity contribution in [2.24, 2.45) is 0 Å². The van der Waals surface area contributed by atoms with Crippen LogP contribution in [0, 0.1) is 13.8 Å². The predicted octanol–water partition coefficient (Wildman–Crippen LogP) is 1.62. The third-order valence-corrected chi connectivity index (χ3v) is 5.11. The molecule has 2 aliphatic heterocycles. The molecule has 1 unspecified atom stereocenters. The Hall–Kier alpha value is -1.14. The van der Waals surface area contributed by atoms with Gasteiger partial charge >= 0.3 is 24.0 Å². The number of carboxylic acids is 2. The summed E-state index contributed by atoms with van der Waals surface area (Å²) in [5.74, 6) is -1.74. The molecule has 0 bridgehead atoms. The predicted molar refractivity (Wildman–Crippen MR) is 111 cm³/mol. The number of carbonyl (C=O) groups excluding carboxylic acids is 2. The van der Waals surface area contributed by atoms with Crippen LogP contribution in [0.2, 0.25) is 0 Å². The van der Waals surface area contributed by atoms with Crippen LogP contribution in [0.15, 0.2) is 0 Å². The molecule has 2 N–H and O–H groups in total. The van der Waals surface area contributed by atoms with Gasteiger partial charge in [0.05, 0.1) is 12.8 Å².